The highest BCUT2D eigenvalue weighted by molar-refractivity contribution is 14.1. The Kier molecular flexibility index (Phi) is 7.08. The highest BCUT2D eigenvalue weighted by Crippen LogP contribution is 2.22. The molecular formula is C11H21FINO. The summed E-state index contributed by atoms with van der Waals surface area (Å²) in [5.41, 5.74) is 0. The van der Waals surface area contributed by atoms with Gasteiger partial charge in [-0.2, -0.15) is 2.86 Å². The van der Waals surface area contributed by atoms with Crippen molar-refractivity contribution in [2.75, 3.05) is 26.3 Å². The minimum atomic E-state index is 0.650. The summed E-state index contributed by atoms with van der Waals surface area (Å²) in [5.74, 6) is 0.955. The Morgan fingerprint density at radius 2 is 1.60 bits per heavy atom. The maximum atomic E-state index is 9.47. The van der Waals surface area contributed by atoms with E-state index in [1.807, 2.05) is 0 Å². The number of piperidine rings is 1. The van der Waals surface area contributed by atoms with Crippen molar-refractivity contribution in [2.24, 2.45) is 5.92 Å². The van der Waals surface area contributed by atoms with Crippen molar-refractivity contribution < 1.29 is 7.60 Å². The third-order valence-electron chi connectivity index (χ3n) is 3.53. The second-order valence-electron chi connectivity index (χ2n) is 4.56. The van der Waals surface area contributed by atoms with E-state index in [1.165, 1.54) is 38.8 Å². The van der Waals surface area contributed by atoms with Crippen LogP contribution in [-0.2, 0) is 4.74 Å². The Labute approximate surface area is 106 Å². The minimum Gasteiger partial charge on any atom is -0.381 e. The molecule has 0 unspecified atom stereocenters. The van der Waals surface area contributed by atoms with Gasteiger partial charge in [0.1, 0.15) is 0 Å². The van der Waals surface area contributed by atoms with Crippen molar-refractivity contribution in [1.82, 2.24) is 4.90 Å². The molecule has 0 aromatic heterocycles. The van der Waals surface area contributed by atoms with Crippen molar-refractivity contribution in [3.63, 3.8) is 0 Å². The first-order chi connectivity index (χ1) is 7.36. The lowest BCUT2D eigenvalue weighted by Gasteiger charge is -2.38. The van der Waals surface area contributed by atoms with E-state index in [1.54, 1.807) is 0 Å². The normalized spacial score (nSPS) is 25.8. The molecule has 0 N–H and O–H groups in total. The largest absolute Gasteiger partial charge is 0.381 e. The van der Waals surface area contributed by atoms with Crippen LogP contribution in [0.1, 0.15) is 32.6 Å². The van der Waals surface area contributed by atoms with Gasteiger partial charge in [-0.05, 0) is 44.7 Å². The summed E-state index contributed by atoms with van der Waals surface area (Å²) < 4.78 is 14.9. The second-order valence-corrected chi connectivity index (χ2v) is 4.56. The van der Waals surface area contributed by atoms with E-state index in [-0.39, 0.29) is 0 Å². The minimum absolute atomic E-state index is 0.650. The van der Waals surface area contributed by atoms with Crippen molar-refractivity contribution in [1.29, 1.82) is 0 Å². The molecule has 0 saturated carbocycles. The number of hydrogen-bond acceptors (Lipinski definition) is 2. The van der Waals surface area contributed by atoms with E-state index in [4.69, 9.17) is 4.74 Å². The van der Waals surface area contributed by atoms with Gasteiger partial charge in [-0.1, -0.05) is 6.92 Å². The standard InChI is InChI=1S/C11H21NO.FI/c1-10-2-6-12(7-3-10)11-4-8-13-9-5-11;1-2/h10-11H,2-9H2,1H3;. The van der Waals surface area contributed by atoms with Crippen molar-refractivity contribution in [3.8, 4) is 0 Å². The van der Waals surface area contributed by atoms with Crippen molar-refractivity contribution >= 4 is 23.2 Å². The zero-order valence-electron chi connectivity index (χ0n) is 9.42. The first-order valence-corrected chi connectivity index (χ1v) is 6.64. The summed E-state index contributed by atoms with van der Waals surface area (Å²) in [6, 6.07) is 0.834. The van der Waals surface area contributed by atoms with Crippen LogP contribution in [0.3, 0.4) is 0 Å². The molecule has 0 radical (unpaired) electrons. The molecule has 0 atom stereocenters. The smallest absolute Gasteiger partial charge is 0.171 e. The van der Waals surface area contributed by atoms with E-state index in [0.717, 1.165) is 25.2 Å². The molecule has 2 saturated heterocycles. The quantitative estimate of drug-likeness (QED) is 0.685. The topological polar surface area (TPSA) is 12.5 Å². The predicted molar refractivity (Wildman–Crippen MR) is 68.9 cm³/mol. The maximum Gasteiger partial charge on any atom is 0.171 e. The van der Waals surface area contributed by atoms with E-state index >= 15 is 0 Å². The number of likely N-dealkylation sites (tertiary alicyclic amines) is 1. The van der Waals surface area contributed by atoms with E-state index < -0.39 is 0 Å². The fourth-order valence-corrected chi connectivity index (χ4v) is 2.44. The molecule has 0 aromatic rings. The maximum absolute atomic E-state index is 9.47. The molecule has 2 aliphatic rings. The van der Waals surface area contributed by atoms with E-state index in [9.17, 15) is 2.86 Å². The lowest BCUT2D eigenvalue weighted by molar-refractivity contribution is 0.0222. The van der Waals surface area contributed by atoms with Gasteiger partial charge in [-0.25, -0.2) is 0 Å². The summed E-state index contributed by atoms with van der Waals surface area (Å²) in [6.45, 7) is 6.99. The van der Waals surface area contributed by atoms with E-state index in [0.29, 0.717) is 23.2 Å². The van der Waals surface area contributed by atoms with Crippen LogP contribution in [0.2, 0.25) is 0 Å². The van der Waals surface area contributed by atoms with Crippen molar-refractivity contribution in [3.05, 3.63) is 0 Å². The molecule has 0 bridgehead atoms. The Hall–Kier alpha value is 0.580. The molecule has 0 aromatic carbocycles. The summed E-state index contributed by atoms with van der Waals surface area (Å²) in [4.78, 5) is 2.68. The second kappa shape index (κ2) is 7.79. The first-order valence-electron chi connectivity index (χ1n) is 5.82. The highest BCUT2D eigenvalue weighted by Gasteiger charge is 2.24. The lowest BCUT2D eigenvalue weighted by Crippen LogP contribution is -2.43. The molecule has 2 heterocycles. The van der Waals surface area contributed by atoms with Crippen molar-refractivity contribution in [2.45, 2.75) is 38.6 Å². The van der Waals surface area contributed by atoms with Crippen LogP contribution < -0.4 is 0 Å². The third kappa shape index (κ3) is 4.53. The molecule has 4 heteroatoms. The van der Waals surface area contributed by atoms with Gasteiger partial charge in [0.15, 0.2) is 23.2 Å². The average Bonchev–Trinajstić information content (AvgIpc) is 2.34. The molecule has 2 fully saturated rings. The Morgan fingerprint density at radius 3 is 2.13 bits per heavy atom. The zero-order chi connectivity index (χ0) is 11.1. The SMILES string of the molecule is CC1CCN(C2CCOCC2)CC1.FI. The Morgan fingerprint density at radius 1 is 1.07 bits per heavy atom. The third-order valence-corrected chi connectivity index (χ3v) is 3.53. The van der Waals surface area contributed by atoms with Crippen LogP contribution >= 0.6 is 23.2 Å². The summed E-state index contributed by atoms with van der Waals surface area (Å²) in [5, 5.41) is 0. The number of rotatable bonds is 1. The molecule has 15 heavy (non-hydrogen) atoms. The summed E-state index contributed by atoms with van der Waals surface area (Å²) in [7, 11) is 0. The zero-order valence-corrected chi connectivity index (χ0v) is 11.6. The molecule has 0 amide bonds. The van der Waals surface area contributed by atoms with Gasteiger partial charge in [-0.3, -0.25) is 0 Å². The molecular weight excluding hydrogens is 308 g/mol. The van der Waals surface area contributed by atoms with Crippen LogP contribution in [0.25, 0.3) is 0 Å². The van der Waals surface area contributed by atoms with Crippen LogP contribution in [0.15, 0.2) is 0 Å². The molecule has 2 rings (SSSR count). The molecule has 2 nitrogen and oxygen atoms in total. The number of hydrogen-bond donors (Lipinski definition) is 0. The first kappa shape index (κ1) is 13.6. The fraction of sp³-hybridized carbons (Fsp3) is 1.00. The van der Waals surface area contributed by atoms with Crippen LogP contribution in [0.4, 0.5) is 2.86 Å². The van der Waals surface area contributed by atoms with Gasteiger partial charge in [-0.15, -0.1) is 0 Å². The van der Waals surface area contributed by atoms with Gasteiger partial charge >= 0.3 is 0 Å². The predicted octanol–water partition coefficient (Wildman–Crippen LogP) is 3.20. The number of halogens is 2. The van der Waals surface area contributed by atoms with E-state index in [2.05, 4.69) is 11.8 Å². The highest BCUT2D eigenvalue weighted by atomic mass is 127. The Bertz CT molecular complexity index is 157. The van der Waals surface area contributed by atoms with Gasteiger partial charge in [0.25, 0.3) is 0 Å². The van der Waals surface area contributed by atoms with Gasteiger partial charge < -0.3 is 9.64 Å². The van der Waals surface area contributed by atoms with Gasteiger partial charge in [0, 0.05) is 19.3 Å². The molecule has 0 spiro atoms. The molecule has 2 aliphatic heterocycles. The van der Waals surface area contributed by atoms with Crippen LogP contribution in [-0.4, -0.2) is 37.2 Å². The monoisotopic (exact) mass is 329 g/mol. The number of nitrogens with zero attached hydrogens (tertiary/aromatic N) is 1. The lowest BCUT2D eigenvalue weighted by atomic mass is 9.96. The summed E-state index contributed by atoms with van der Waals surface area (Å²) in [6.07, 6.45) is 5.32. The fourth-order valence-electron chi connectivity index (χ4n) is 2.44. The molecule has 0 aliphatic carbocycles. The number of ether oxygens (including phenoxy) is 1. The van der Waals surface area contributed by atoms with Gasteiger partial charge in [0.2, 0.25) is 0 Å². The van der Waals surface area contributed by atoms with Gasteiger partial charge in [0.05, 0.1) is 0 Å². The average molecular weight is 329 g/mol. The summed E-state index contributed by atoms with van der Waals surface area (Å²) >= 11 is 0.650. The van der Waals surface area contributed by atoms with Crippen LogP contribution in [0.5, 0.6) is 0 Å². The van der Waals surface area contributed by atoms with Crippen LogP contribution in [0, 0.1) is 5.92 Å². The molecule has 90 valence electrons. The Balaban J connectivity index is 0.000000531.